The van der Waals surface area contributed by atoms with Crippen molar-refractivity contribution in [1.82, 2.24) is 20.2 Å². The molecule has 0 bridgehead atoms. The van der Waals surface area contributed by atoms with Gasteiger partial charge in [-0.1, -0.05) is 6.92 Å². The molecule has 4 heterocycles. The highest BCUT2D eigenvalue weighted by atomic mass is 32.1. The van der Waals surface area contributed by atoms with Gasteiger partial charge in [-0.3, -0.25) is 9.59 Å². The Morgan fingerprint density at radius 2 is 2.11 bits per heavy atom. The van der Waals surface area contributed by atoms with E-state index in [4.69, 9.17) is 4.74 Å². The maximum Gasteiger partial charge on any atom is 0.408 e. The van der Waals surface area contributed by atoms with Gasteiger partial charge in [0.2, 0.25) is 0 Å². The summed E-state index contributed by atoms with van der Waals surface area (Å²) in [6.45, 7) is 5.93. The van der Waals surface area contributed by atoms with Gasteiger partial charge in [0.05, 0.1) is 30.2 Å². The molecule has 0 aliphatic carbocycles. The predicted octanol–water partition coefficient (Wildman–Crippen LogP) is 3.38. The molecule has 2 saturated heterocycles. The molecule has 13 heteroatoms. The second kappa shape index (κ2) is 10.9. The summed E-state index contributed by atoms with van der Waals surface area (Å²) in [6.07, 6.45) is -2.31. The third-order valence-corrected chi connectivity index (χ3v) is 7.77. The fourth-order valence-corrected chi connectivity index (χ4v) is 5.53. The van der Waals surface area contributed by atoms with E-state index in [1.165, 1.54) is 19.2 Å². The number of rotatable bonds is 7. The number of nitrogens with one attached hydrogen (secondary N) is 2. The molecule has 2 fully saturated rings. The van der Waals surface area contributed by atoms with E-state index in [0.29, 0.717) is 22.5 Å². The first-order valence-corrected chi connectivity index (χ1v) is 13.0. The van der Waals surface area contributed by atoms with Gasteiger partial charge in [-0.25, -0.2) is 9.97 Å². The summed E-state index contributed by atoms with van der Waals surface area (Å²) >= 11 is 1.00. The molecule has 202 valence electrons. The maximum absolute atomic E-state index is 13.5. The minimum atomic E-state index is -4.42. The Bertz CT molecular complexity index is 1160. The number of aliphatic hydroxyl groups excluding tert-OH is 1. The average Bonchev–Trinajstić information content (AvgIpc) is 3.57. The molecule has 2 aliphatic heterocycles. The van der Waals surface area contributed by atoms with E-state index >= 15 is 0 Å². The number of hydrogen-bond donors (Lipinski definition) is 3. The highest BCUT2D eigenvalue weighted by Crippen LogP contribution is 2.35. The summed E-state index contributed by atoms with van der Waals surface area (Å²) < 4.78 is 44.8. The third-order valence-electron chi connectivity index (χ3n) is 6.69. The molecule has 4 atom stereocenters. The van der Waals surface area contributed by atoms with Gasteiger partial charge < -0.3 is 25.4 Å². The van der Waals surface area contributed by atoms with Gasteiger partial charge >= 0.3 is 6.18 Å². The topological polar surface area (TPSA) is 117 Å². The van der Waals surface area contributed by atoms with Crippen LogP contribution in [0.15, 0.2) is 12.3 Å². The predicted molar refractivity (Wildman–Crippen MR) is 132 cm³/mol. The van der Waals surface area contributed by atoms with Gasteiger partial charge in [0.1, 0.15) is 17.6 Å². The van der Waals surface area contributed by atoms with Crippen LogP contribution in [-0.4, -0.2) is 82.0 Å². The highest BCUT2D eigenvalue weighted by molar-refractivity contribution is 7.17. The Balaban J connectivity index is 1.67. The first-order valence-electron chi connectivity index (χ1n) is 12.2. The van der Waals surface area contributed by atoms with Crippen LogP contribution >= 0.6 is 11.3 Å². The van der Waals surface area contributed by atoms with Gasteiger partial charge in [0.25, 0.3) is 11.8 Å². The number of alkyl halides is 3. The Hall–Kier alpha value is -2.77. The first-order chi connectivity index (χ1) is 17.5. The van der Waals surface area contributed by atoms with Crippen LogP contribution in [0.2, 0.25) is 0 Å². The maximum atomic E-state index is 13.5. The van der Waals surface area contributed by atoms with Crippen molar-refractivity contribution >= 4 is 29.0 Å². The Kier molecular flexibility index (Phi) is 8.05. The minimum Gasteiger partial charge on any atom is -0.388 e. The number of halogens is 3. The Labute approximate surface area is 216 Å². The number of carbonyl (C=O) groups is 2. The SMILES string of the molecule is CC[C@H](Nc1cc(C)c(-c2sc(C(=O)N[C@@H]3COC[C@@H]3O)nc2C(=O)N2CCC[C@@H]2C)cn1)C(F)(F)F. The van der Waals surface area contributed by atoms with Crippen molar-refractivity contribution in [1.29, 1.82) is 0 Å². The van der Waals surface area contributed by atoms with E-state index in [9.17, 15) is 27.9 Å². The smallest absolute Gasteiger partial charge is 0.388 e. The molecule has 0 spiro atoms. The molecule has 9 nitrogen and oxygen atoms in total. The lowest BCUT2D eigenvalue weighted by molar-refractivity contribution is -0.142. The van der Waals surface area contributed by atoms with Crippen LogP contribution < -0.4 is 10.6 Å². The molecule has 37 heavy (non-hydrogen) atoms. The normalized spacial score (nSPS) is 22.8. The van der Waals surface area contributed by atoms with Crippen molar-refractivity contribution in [2.45, 2.75) is 70.4 Å². The number of anilines is 1. The van der Waals surface area contributed by atoms with Crippen LogP contribution in [0, 0.1) is 6.92 Å². The summed E-state index contributed by atoms with van der Waals surface area (Å²) in [5, 5.41) is 15.1. The van der Waals surface area contributed by atoms with E-state index in [0.717, 1.165) is 24.2 Å². The molecule has 2 aromatic heterocycles. The summed E-state index contributed by atoms with van der Waals surface area (Å²) in [5.74, 6) is -0.803. The molecule has 0 aromatic carbocycles. The number of carbonyl (C=O) groups excluding carboxylic acids is 2. The summed E-state index contributed by atoms with van der Waals surface area (Å²) in [5.41, 5.74) is 1.18. The number of likely N-dealkylation sites (tertiary alicyclic amines) is 1. The van der Waals surface area contributed by atoms with Gasteiger partial charge in [-0.05, 0) is 44.7 Å². The van der Waals surface area contributed by atoms with Crippen LogP contribution in [-0.2, 0) is 4.74 Å². The van der Waals surface area contributed by atoms with Crippen LogP contribution in [0.25, 0.3) is 10.4 Å². The average molecular weight is 542 g/mol. The zero-order valence-electron chi connectivity index (χ0n) is 20.8. The van der Waals surface area contributed by atoms with E-state index < -0.39 is 30.3 Å². The number of hydrogen-bond acceptors (Lipinski definition) is 8. The Morgan fingerprint density at radius 1 is 1.35 bits per heavy atom. The zero-order valence-corrected chi connectivity index (χ0v) is 21.6. The number of ether oxygens (including phenoxy) is 1. The van der Waals surface area contributed by atoms with Gasteiger partial charge in [-0.15, -0.1) is 11.3 Å². The van der Waals surface area contributed by atoms with Crippen LogP contribution in [0.1, 0.15) is 59.0 Å². The van der Waals surface area contributed by atoms with Crippen molar-refractivity contribution in [2.24, 2.45) is 0 Å². The molecular formula is C24H30F3N5O4S. The molecular weight excluding hydrogens is 511 g/mol. The number of amides is 2. The quantitative estimate of drug-likeness (QED) is 0.492. The Morgan fingerprint density at radius 3 is 2.68 bits per heavy atom. The monoisotopic (exact) mass is 541 g/mol. The molecule has 0 radical (unpaired) electrons. The van der Waals surface area contributed by atoms with Crippen molar-refractivity contribution in [3.05, 3.63) is 28.5 Å². The van der Waals surface area contributed by atoms with Gasteiger partial charge in [-0.2, -0.15) is 13.2 Å². The lowest BCUT2D eigenvalue weighted by Gasteiger charge is -2.22. The lowest BCUT2D eigenvalue weighted by atomic mass is 10.1. The van der Waals surface area contributed by atoms with E-state index in [-0.39, 0.29) is 48.1 Å². The molecule has 2 amide bonds. The van der Waals surface area contributed by atoms with E-state index in [1.54, 1.807) is 11.8 Å². The summed E-state index contributed by atoms with van der Waals surface area (Å²) in [4.78, 5) is 37.1. The molecule has 2 aromatic rings. The fourth-order valence-electron chi connectivity index (χ4n) is 4.49. The molecule has 0 saturated carbocycles. The second-order valence-corrected chi connectivity index (χ2v) is 10.4. The number of aromatic nitrogens is 2. The van der Waals surface area contributed by atoms with Crippen molar-refractivity contribution in [3.8, 4) is 10.4 Å². The highest BCUT2D eigenvalue weighted by Gasteiger charge is 2.39. The molecule has 3 N–H and O–H groups in total. The summed E-state index contributed by atoms with van der Waals surface area (Å²) in [6, 6.07) is -0.828. The molecule has 0 unspecified atom stereocenters. The van der Waals surface area contributed by atoms with Crippen LogP contribution in [0.4, 0.5) is 19.0 Å². The number of aryl methyl sites for hydroxylation is 1. The lowest BCUT2D eigenvalue weighted by Crippen LogP contribution is -2.42. The second-order valence-electron chi connectivity index (χ2n) is 9.40. The number of aliphatic hydroxyl groups is 1. The van der Waals surface area contributed by atoms with Crippen LogP contribution in [0.3, 0.4) is 0 Å². The molecule has 4 rings (SSSR count). The largest absolute Gasteiger partial charge is 0.408 e. The van der Waals surface area contributed by atoms with Gasteiger partial charge in [0.15, 0.2) is 5.01 Å². The number of nitrogens with zero attached hydrogens (tertiary/aromatic N) is 3. The van der Waals surface area contributed by atoms with Gasteiger partial charge in [0, 0.05) is 24.3 Å². The minimum absolute atomic E-state index is 0.0178. The van der Waals surface area contributed by atoms with E-state index in [1.807, 2.05) is 6.92 Å². The summed E-state index contributed by atoms with van der Waals surface area (Å²) in [7, 11) is 0. The first kappa shape index (κ1) is 27.3. The molecule has 2 aliphatic rings. The fraction of sp³-hybridized carbons (Fsp3) is 0.583. The van der Waals surface area contributed by atoms with Crippen molar-refractivity contribution in [3.63, 3.8) is 0 Å². The number of thiazole rings is 1. The van der Waals surface area contributed by atoms with E-state index in [2.05, 4.69) is 20.6 Å². The zero-order chi connectivity index (χ0) is 26.9. The van der Waals surface area contributed by atoms with Crippen molar-refractivity contribution in [2.75, 3.05) is 25.1 Å². The van der Waals surface area contributed by atoms with Crippen molar-refractivity contribution < 1.29 is 32.6 Å². The number of pyridine rings is 1. The third kappa shape index (κ3) is 5.88. The standard InChI is InChI=1S/C24H30F3N5O4S/c1-4-17(24(25,26)27)30-18-8-12(2)14(9-28-18)20-19(23(35)32-7-5-6-13(32)3)31-22(37-20)21(34)29-15-10-36-11-16(15)33/h8-9,13,15-17,33H,4-7,10-11H2,1-3H3,(H,28,30)(H,29,34)/t13-,15+,16-,17-/m0/s1. The van der Waals surface area contributed by atoms with Crippen LogP contribution in [0.5, 0.6) is 0 Å².